The van der Waals surface area contributed by atoms with Gasteiger partial charge in [0.15, 0.2) is 5.82 Å². The Morgan fingerprint density at radius 2 is 1.66 bits per heavy atom. The molecule has 0 radical (unpaired) electrons. The predicted octanol–water partition coefficient (Wildman–Crippen LogP) is 7.89. The summed E-state index contributed by atoms with van der Waals surface area (Å²) < 4.78 is 7.50. The van der Waals surface area contributed by atoms with Crippen LogP contribution in [0.5, 0.6) is 5.75 Å². The second-order valence-electron chi connectivity index (χ2n) is 8.02. The maximum Gasteiger partial charge on any atom is 0.343 e. The van der Waals surface area contributed by atoms with E-state index in [9.17, 15) is 9.59 Å². The molecule has 0 spiro atoms. The highest BCUT2D eigenvalue weighted by Gasteiger charge is 2.16. The van der Waals surface area contributed by atoms with Crippen molar-refractivity contribution in [3.63, 3.8) is 0 Å². The number of hydrogen-bond acceptors (Lipinski definition) is 5. The number of ether oxygens (including phenoxy) is 1. The Morgan fingerprint density at radius 1 is 0.921 bits per heavy atom. The third-order valence-electron chi connectivity index (χ3n) is 5.49. The normalized spacial score (nSPS) is 11.3. The molecule has 0 N–H and O–H groups in total. The highest BCUT2D eigenvalue weighted by atomic mass is 79.9. The van der Waals surface area contributed by atoms with Crippen molar-refractivity contribution in [3.05, 3.63) is 126 Å². The highest BCUT2D eigenvalue weighted by Crippen LogP contribution is 2.30. The van der Waals surface area contributed by atoms with E-state index < -0.39 is 11.5 Å². The number of esters is 1. The molecule has 0 unspecified atom stereocenters. The Balaban J connectivity index is 1.61. The van der Waals surface area contributed by atoms with Gasteiger partial charge in [-0.3, -0.25) is 4.79 Å². The van der Waals surface area contributed by atoms with E-state index in [0.29, 0.717) is 42.7 Å². The third-order valence-corrected chi connectivity index (χ3v) is 6.79. The monoisotopic (exact) mass is 625 g/mol. The molecule has 188 valence electrons. The van der Waals surface area contributed by atoms with Crippen LogP contribution >= 0.6 is 50.7 Å². The van der Waals surface area contributed by atoms with Crippen molar-refractivity contribution in [2.75, 3.05) is 0 Å². The van der Waals surface area contributed by atoms with Crippen LogP contribution < -0.4 is 10.3 Å². The standard InChI is InChI=1S/C28H15BrCl3N3O3/c29-18-7-12-25(38-28(37)16-5-8-19(30)9-6-16)17(13-18)15-33-35-26(21-11-10-20(31)14-23(21)32)34-24-4-2-1-3-22(24)27(35)36/h1-15H. The maximum absolute atomic E-state index is 13.5. The Labute approximate surface area is 240 Å². The molecule has 1 aromatic heterocycles. The zero-order chi connectivity index (χ0) is 26.8. The van der Waals surface area contributed by atoms with Crippen LogP contribution in [0, 0.1) is 0 Å². The molecular weight excluding hydrogens is 613 g/mol. The van der Waals surface area contributed by atoms with Crippen LogP contribution in [0.1, 0.15) is 15.9 Å². The minimum absolute atomic E-state index is 0.223. The summed E-state index contributed by atoms with van der Waals surface area (Å²) in [7, 11) is 0. The Bertz CT molecular complexity index is 1790. The fraction of sp³-hybridized carbons (Fsp3) is 0. The second-order valence-corrected chi connectivity index (χ2v) is 10.2. The molecule has 0 saturated heterocycles. The van der Waals surface area contributed by atoms with Gasteiger partial charge in [-0.25, -0.2) is 9.78 Å². The van der Waals surface area contributed by atoms with Crippen molar-refractivity contribution in [1.29, 1.82) is 0 Å². The number of nitrogens with zero attached hydrogens (tertiary/aromatic N) is 3. The second kappa shape index (κ2) is 11.1. The van der Waals surface area contributed by atoms with Gasteiger partial charge in [-0.15, -0.1) is 0 Å². The maximum atomic E-state index is 13.5. The summed E-state index contributed by atoms with van der Waals surface area (Å²) in [5.74, 6) is -0.108. The lowest BCUT2D eigenvalue weighted by Crippen LogP contribution is -2.20. The van der Waals surface area contributed by atoms with Gasteiger partial charge in [0.25, 0.3) is 5.56 Å². The lowest BCUT2D eigenvalue weighted by atomic mass is 10.2. The first-order chi connectivity index (χ1) is 18.3. The number of halogens is 4. The lowest BCUT2D eigenvalue weighted by Gasteiger charge is -2.12. The highest BCUT2D eigenvalue weighted by molar-refractivity contribution is 9.10. The molecule has 0 atom stereocenters. The minimum Gasteiger partial charge on any atom is -0.422 e. The van der Waals surface area contributed by atoms with Crippen molar-refractivity contribution in [3.8, 4) is 17.1 Å². The molecule has 0 aliphatic carbocycles. The zero-order valence-electron chi connectivity index (χ0n) is 19.2. The van der Waals surface area contributed by atoms with Gasteiger partial charge < -0.3 is 4.74 Å². The summed E-state index contributed by atoms with van der Waals surface area (Å²) in [5.41, 5.74) is 1.33. The van der Waals surface area contributed by atoms with E-state index >= 15 is 0 Å². The third kappa shape index (κ3) is 5.51. The van der Waals surface area contributed by atoms with Crippen molar-refractivity contribution >= 4 is 73.8 Å². The molecule has 6 nitrogen and oxygen atoms in total. The zero-order valence-corrected chi connectivity index (χ0v) is 23.1. The fourth-order valence-electron chi connectivity index (χ4n) is 3.65. The van der Waals surface area contributed by atoms with Gasteiger partial charge in [-0.1, -0.05) is 62.9 Å². The van der Waals surface area contributed by atoms with Crippen molar-refractivity contribution < 1.29 is 9.53 Å². The number of carbonyl (C=O) groups is 1. The first-order valence-corrected chi connectivity index (χ1v) is 13.0. The number of benzene rings is 4. The number of hydrogen-bond donors (Lipinski definition) is 0. The van der Waals surface area contributed by atoms with Crippen LogP contribution in [0.2, 0.25) is 15.1 Å². The SMILES string of the molecule is O=C(Oc1ccc(Br)cc1C=Nn1c(-c2ccc(Cl)cc2Cl)nc2ccccc2c1=O)c1ccc(Cl)cc1. The Hall–Kier alpha value is -3.49. The molecule has 0 fully saturated rings. The number of aromatic nitrogens is 2. The molecule has 5 rings (SSSR count). The fourth-order valence-corrected chi connectivity index (χ4v) is 4.65. The summed E-state index contributed by atoms with van der Waals surface area (Å²) in [6, 6.07) is 23.2. The van der Waals surface area contributed by atoms with E-state index in [0.717, 1.165) is 9.15 Å². The topological polar surface area (TPSA) is 73.5 Å². The average Bonchev–Trinajstić information content (AvgIpc) is 2.90. The number of fused-ring (bicyclic) bond motifs is 1. The van der Waals surface area contributed by atoms with Crippen LogP contribution in [-0.4, -0.2) is 21.8 Å². The van der Waals surface area contributed by atoms with Crippen molar-refractivity contribution in [2.45, 2.75) is 0 Å². The number of para-hydroxylation sites is 1. The summed E-state index contributed by atoms with van der Waals surface area (Å²) >= 11 is 21.9. The van der Waals surface area contributed by atoms with E-state index in [1.165, 1.54) is 6.21 Å². The Kier molecular flexibility index (Phi) is 7.63. The quantitative estimate of drug-likeness (QED) is 0.113. The molecule has 1 heterocycles. The van der Waals surface area contributed by atoms with Crippen molar-refractivity contribution in [2.24, 2.45) is 5.10 Å². The van der Waals surface area contributed by atoms with Gasteiger partial charge in [0.05, 0.1) is 27.7 Å². The van der Waals surface area contributed by atoms with E-state index in [2.05, 4.69) is 26.0 Å². The van der Waals surface area contributed by atoms with Gasteiger partial charge in [0.1, 0.15) is 5.75 Å². The largest absolute Gasteiger partial charge is 0.422 e. The molecule has 0 bridgehead atoms. The van der Waals surface area contributed by atoms with Crippen molar-refractivity contribution in [1.82, 2.24) is 9.66 Å². The molecule has 0 aliphatic rings. The first kappa shape index (κ1) is 26.1. The smallest absolute Gasteiger partial charge is 0.343 e. The predicted molar refractivity (Wildman–Crippen MR) is 155 cm³/mol. The molecule has 0 amide bonds. The Morgan fingerprint density at radius 3 is 2.42 bits per heavy atom. The van der Waals surface area contributed by atoms with Crippen LogP contribution in [0.25, 0.3) is 22.3 Å². The first-order valence-electron chi connectivity index (χ1n) is 11.1. The summed E-state index contributed by atoms with van der Waals surface area (Å²) in [6.07, 6.45) is 1.42. The lowest BCUT2D eigenvalue weighted by molar-refractivity contribution is 0.0734. The summed E-state index contributed by atoms with van der Waals surface area (Å²) in [4.78, 5) is 30.9. The molecule has 4 aromatic carbocycles. The van der Waals surface area contributed by atoms with E-state index in [1.807, 2.05) is 0 Å². The van der Waals surface area contributed by atoms with E-state index in [4.69, 9.17) is 39.5 Å². The average molecular weight is 628 g/mol. The minimum atomic E-state index is -0.572. The van der Waals surface area contributed by atoms with E-state index in [1.54, 1.807) is 84.9 Å². The number of rotatable bonds is 5. The van der Waals surface area contributed by atoms with Gasteiger partial charge in [0.2, 0.25) is 0 Å². The van der Waals surface area contributed by atoms with E-state index in [-0.39, 0.29) is 11.6 Å². The van der Waals surface area contributed by atoms with Gasteiger partial charge in [0, 0.05) is 25.6 Å². The molecular formula is C28H15BrCl3N3O3. The summed E-state index contributed by atoms with van der Waals surface area (Å²) in [6.45, 7) is 0. The van der Waals surface area contributed by atoms with Crippen LogP contribution in [0.4, 0.5) is 0 Å². The number of carbonyl (C=O) groups excluding carboxylic acids is 1. The summed E-state index contributed by atoms with van der Waals surface area (Å²) in [5, 5.41) is 6.09. The van der Waals surface area contributed by atoms with Gasteiger partial charge in [-0.2, -0.15) is 9.78 Å². The van der Waals surface area contributed by atoms with Gasteiger partial charge in [-0.05, 0) is 72.8 Å². The molecule has 38 heavy (non-hydrogen) atoms. The van der Waals surface area contributed by atoms with Gasteiger partial charge >= 0.3 is 5.97 Å². The molecule has 5 aromatic rings. The molecule has 0 aliphatic heterocycles. The molecule has 10 heteroatoms. The molecule has 0 saturated carbocycles. The van der Waals surface area contributed by atoms with Crippen LogP contribution in [-0.2, 0) is 0 Å². The van der Waals surface area contributed by atoms with Crippen LogP contribution in [0.15, 0.2) is 99.3 Å². The van der Waals surface area contributed by atoms with Crippen LogP contribution in [0.3, 0.4) is 0 Å².